The first-order valence-electron chi connectivity index (χ1n) is 3.07. The molecule has 0 heterocycles. The molecular weight excluding hydrogens is 168 g/mol. The molecule has 0 saturated carbocycles. The van der Waals surface area contributed by atoms with E-state index in [1.54, 1.807) is 0 Å². The first-order valence-corrected chi connectivity index (χ1v) is 5.30. The molecule has 0 radical (unpaired) electrons. The number of rotatable bonds is 4. The summed E-state index contributed by atoms with van der Waals surface area (Å²) in [5.41, 5.74) is 5.17. The van der Waals surface area contributed by atoms with Crippen molar-refractivity contribution in [1.82, 2.24) is 0 Å². The Bertz CT molecular complexity index is 145. The zero-order valence-electron chi connectivity index (χ0n) is 6.36. The molecule has 6 N–H and O–H groups in total. The summed E-state index contributed by atoms with van der Waals surface area (Å²) >= 11 is 0. The maximum atomic E-state index is 10.2. The van der Waals surface area contributed by atoms with E-state index in [0.29, 0.717) is 0 Å². The summed E-state index contributed by atoms with van der Waals surface area (Å²) in [6.07, 6.45) is 1.70. The zero-order chi connectivity index (χ0) is 9.07. The van der Waals surface area contributed by atoms with Crippen LogP contribution in [0.4, 0.5) is 0 Å². The molecule has 0 amide bonds. The fourth-order valence-electron chi connectivity index (χ4n) is 0.489. The summed E-state index contributed by atoms with van der Waals surface area (Å²) in [5.74, 6) is -0.797. The minimum absolute atomic E-state index is 0.216. The van der Waals surface area contributed by atoms with Gasteiger partial charge in [0.25, 0.3) is 0 Å². The van der Waals surface area contributed by atoms with Gasteiger partial charge in [-0.25, -0.2) is 0 Å². The van der Waals surface area contributed by atoms with Crippen molar-refractivity contribution in [2.45, 2.75) is 12.5 Å². The third-order valence-electron chi connectivity index (χ3n) is 1.16. The SMILES string of the molecule is CS(N)(O)CCC(N)C(=O)O. The summed E-state index contributed by atoms with van der Waals surface area (Å²) < 4.78 is 9.06. The van der Waals surface area contributed by atoms with Crippen molar-refractivity contribution in [3.8, 4) is 0 Å². The van der Waals surface area contributed by atoms with Crippen LogP contribution >= 0.6 is 10.5 Å². The quantitative estimate of drug-likeness (QED) is 0.471. The highest BCUT2D eigenvalue weighted by molar-refractivity contribution is 8.26. The number of carboxylic acids is 1. The lowest BCUT2D eigenvalue weighted by molar-refractivity contribution is -0.138. The van der Waals surface area contributed by atoms with Crippen molar-refractivity contribution < 1.29 is 14.5 Å². The van der Waals surface area contributed by atoms with E-state index in [4.69, 9.17) is 20.5 Å². The topological polar surface area (TPSA) is 110 Å². The van der Waals surface area contributed by atoms with Crippen LogP contribution in [0, 0.1) is 0 Å². The van der Waals surface area contributed by atoms with Crippen LogP contribution in [0.3, 0.4) is 0 Å². The molecule has 0 aromatic heterocycles. The summed E-state index contributed by atoms with van der Waals surface area (Å²) in [4.78, 5) is 10.2. The van der Waals surface area contributed by atoms with Crippen molar-refractivity contribution in [2.24, 2.45) is 10.9 Å². The lowest BCUT2D eigenvalue weighted by Gasteiger charge is -2.23. The van der Waals surface area contributed by atoms with Crippen molar-refractivity contribution in [2.75, 3.05) is 12.0 Å². The van der Waals surface area contributed by atoms with E-state index in [1.165, 1.54) is 6.26 Å². The molecule has 2 atom stereocenters. The van der Waals surface area contributed by atoms with Crippen molar-refractivity contribution in [1.29, 1.82) is 0 Å². The zero-order valence-corrected chi connectivity index (χ0v) is 7.17. The van der Waals surface area contributed by atoms with Gasteiger partial charge >= 0.3 is 5.97 Å². The van der Waals surface area contributed by atoms with Crippen molar-refractivity contribution in [3.63, 3.8) is 0 Å². The molecular formula is C5H14N2O3S. The minimum Gasteiger partial charge on any atom is -0.480 e. The minimum atomic E-state index is -2.10. The Balaban J connectivity index is 3.63. The first kappa shape index (κ1) is 10.7. The van der Waals surface area contributed by atoms with Gasteiger partial charge in [-0.3, -0.25) is 9.93 Å². The number of nitrogens with two attached hydrogens (primary N) is 2. The highest BCUT2D eigenvalue weighted by Crippen LogP contribution is 2.29. The lowest BCUT2D eigenvalue weighted by Crippen LogP contribution is -2.32. The standard InChI is InChI=1S/C5H14N2O3S/c1-11(7,10)3-2-4(6)5(8)9/h4,10H,2-3,6-7H2,1H3,(H,8,9). The number of hydrogen-bond acceptors (Lipinski definition) is 4. The molecule has 0 aliphatic carbocycles. The molecule has 6 heteroatoms. The second-order valence-corrected chi connectivity index (χ2v) is 5.17. The Kier molecular flexibility index (Phi) is 3.81. The average molecular weight is 182 g/mol. The molecule has 0 bridgehead atoms. The number of carboxylic acid groups (broad SMARTS) is 1. The summed E-state index contributed by atoms with van der Waals surface area (Å²) in [7, 11) is -2.10. The van der Waals surface area contributed by atoms with E-state index in [-0.39, 0.29) is 12.2 Å². The predicted octanol–water partition coefficient (Wildman–Crippen LogP) is -0.430. The van der Waals surface area contributed by atoms with E-state index >= 15 is 0 Å². The van der Waals surface area contributed by atoms with Gasteiger partial charge in [0.1, 0.15) is 6.04 Å². The van der Waals surface area contributed by atoms with Gasteiger partial charge in [-0.1, -0.05) is 10.5 Å². The molecule has 0 spiro atoms. The van der Waals surface area contributed by atoms with Crippen LogP contribution in [-0.4, -0.2) is 33.7 Å². The molecule has 0 saturated heterocycles. The van der Waals surface area contributed by atoms with E-state index in [0.717, 1.165) is 0 Å². The molecule has 2 unspecified atom stereocenters. The molecule has 0 rings (SSSR count). The van der Waals surface area contributed by atoms with Gasteiger partial charge in [-0.2, -0.15) is 0 Å². The molecule has 68 valence electrons. The van der Waals surface area contributed by atoms with Crippen LogP contribution in [0.25, 0.3) is 0 Å². The average Bonchev–Trinajstić information content (AvgIpc) is 1.80. The molecule has 0 aromatic carbocycles. The van der Waals surface area contributed by atoms with Gasteiger partial charge < -0.3 is 15.4 Å². The third kappa shape index (κ3) is 6.11. The van der Waals surface area contributed by atoms with Crippen LogP contribution in [0.15, 0.2) is 0 Å². The van der Waals surface area contributed by atoms with E-state index in [2.05, 4.69) is 0 Å². The molecule has 5 nitrogen and oxygen atoms in total. The van der Waals surface area contributed by atoms with Gasteiger partial charge in [0.2, 0.25) is 0 Å². The molecule has 0 fully saturated rings. The van der Waals surface area contributed by atoms with Crippen LogP contribution in [0.5, 0.6) is 0 Å². The van der Waals surface area contributed by atoms with Gasteiger partial charge in [0.15, 0.2) is 0 Å². The molecule has 0 aliphatic heterocycles. The van der Waals surface area contributed by atoms with Crippen molar-refractivity contribution >= 4 is 16.5 Å². The smallest absolute Gasteiger partial charge is 0.320 e. The Morgan fingerprint density at radius 3 is 2.45 bits per heavy atom. The maximum absolute atomic E-state index is 10.2. The lowest BCUT2D eigenvalue weighted by atomic mass is 10.2. The fraction of sp³-hybridized carbons (Fsp3) is 0.800. The Labute approximate surface area is 67.0 Å². The molecule has 0 aromatic rings. The number of aliphatic carboxylic acids is 1. The van der Waals surface area contributed by atoms with Gasteiger partial charge in [-0.15, -0.1) is 0 Å². The Morgan fingerprint density at radius 1 is 1.73 bits per heavy atom. The second kappa shape index (κ2) is 3.91. The largest absolute Gasteiger partial charge is 0.480 e. The maximum Gasteiger partial charge on any atom is 0.320 e. The van der Waals surface area contributed by atoms with E-state index in [1.807, 2.05) is 0 Å². The summed E-state index contributed by atoms with van der Waals surface area (Å²) in [6.45, 7) is 0. The second-order valence-electron chi connectivity index (χ2n) is 2.55. The monoisotopic (exact) mass is 182 g/mol. The van der Waals surface area contributed by atoms with Crippen LogP contribution in [0.2, 0.25) is 0 Å². The Morgan fingerprint density at radius 2 is 2.18 bits per heavy atom. The Hall–Kier alpha value is -0.300. The van der Waals surface area contributed by atoms with Crippen LogP contribution in [0.1, 0.15) is 6.42 Å². The number of hydrogen-bond donors (Lipinski definition) is 4. The summed E-state index contributed by atoms with van der Waals surface area (Å²) in [5, 5.41) is 13.6. The van der Waals surface area contributed by atoms with E-state index in [9.17, 15) is 4.79 Å². The van der Waals surface area contributed by atoms with Gasteiger partial charge in [-0.05, 0) is 12.7 Å². The normalized spacial score (nSPS) is 21.8. The van der Waals surface area contributed by atoms with Crippen LogP contribution < -0.4 is 10.9 Å². The third-order valence-corrected chi connectivity index (χ3v) is 2.22. The fourth-order valence-corrected chi connectivity index (χ4v) is 1.22. The van der Waals surface area contributed by atoms with E-state index < -0.39 is 22.5 Å². The molecule has 11 heavy (non-hydrogen) atoms. The number of carbonyl (C=O) groups is 1. The molecule has 0 aliphatic rings. The highest BCUT2D eigenvalue weighted by atomic mass is 32.3. The predicted molar refractivity (Wildman–Crippen MR) is 45.4 cm³/mol. The van der Waals surface area contributed by atoms with Crippen LogP contribution in [-0.2, 0) is 4.79 Å². The van der Waals surface area contributed by atoms with Crippen molar-refractivity contribution in [3.05, 3.63) is 0 Å². The van der Waals surface area contributed by atoms with Gasteiger partial charge in [0, 0.05) is 5.75 Å². The highest BCUT2D eigenvalue weighted by Gasteiger charge is 2.15. The van der Waals surface area contributed by atoms with Gasteiger partial charge in [0.05, 0.1) is 0 Å². The first-order chi connectivity index (χ1) is 4.83. The summed E-state index contributed by atoms with van der Waals surface area (Å²) in [6, 6.07) is -0.919.